The first-order valence-electron chi connectivity index (χ1n) is 9.57. The molecule has 0 amide bonds. The standard InChI is InChI=1S/C20H31NO5S/c1-5-16-11-15(6-8-17(20(22)23)10-14(2)3)7-9-19(16)27(24,25)21(4)12-18-13-26-18/h7,9,11,14,17-18H,5-6,8,10,12-13H2,1-4H3,(H,22,23). The Hall–Kier alpha value is -1.44. The molecule has 0 saturated carbocycles. The van der Waals surface area contributed by atoms with Gasteiger partial charge in [0.1, 0.15) is 0 Å². The van der Waals surface area contributed by atoms with E-state index in [4.69, 9.17) is 4.74 Å². The average molecular weight is 398 g/mol. The Morgan fingerprint density at radius 2 is 2.04 bits per heavy atom. The van der Waals surface area contributed by atoms with Crippen LogP contribution in [0, 0.1) is 11.8 Å². The first-order valence-corrected chi connectivity index (χ1v) is 11.0. The molecule has 1 saturated heterocycles. The number of epoxide rings is 1. The lowest BCUT2D eigenvalue weighted by atomic mass is 9.91. The van der Waals surface area contributed by atoms with Gasteiger partial charge in [0.05, 0.1) is 23.5 Å². The van der Waals surface area contributed by atoms with E-state index in [1.165, 1.54) is 4.31 Å². The first-order chi connectivity index (χ1) is 12.6. The van der Waals surface area contributed by atoms with Gasteiger partial charge in [-0.05, 0) is 48.8 Å². The van der Waals surface area contributed by atoms with Gasteiger partial charge in [0.25, 0.3) is 0 Å². The van der Waals surface area contributed by atoms with Crippen molar-refractivity contribution in [1.29, 1.82) is 0 Å². The molecular formula is C20H31NO5S. The maximum Gasteiger partial charge on any atom is 0.306 e. The van der Waals surface area contributed by atoms with E-state index in [2.05, 4.69) is 0 Å². The number of aryl methyl sites for hydroxylation is 2. The molecule has 0 aliphatic carbocycles. The van der Waals surface area contributed by atoms with E-state index in [1.54, 1.807) is 13.1 Å². The molecule has 1 aromatic rings. The van der Waals surface area contributed by atoms with Crippen molar-refractivity contribution in [3.8, 4) is 0 Å². The van der Waals surface area contributed by atoms with Crippen molar-refractivity contribution in [2.45, 2.75) is 57.5 Å². The smallest absolute Gasteiger partial charge is 0.306 e. The number of aliphatic carboxylic acids is 1. The van der Waals surface area contributed by atoms with Crippen LogP contribution in [0.25, 0.3) is 0 Å². The molecule has 1 aliphatic heterocycles. The molecule has 0 bridgehead atoms. The number of benzene rings is 1. The summed E-state index contributed by atoms with van der Waals surface area (Å²) in [5, 5.41) is 9.39. The van der Waals surface area contributed by atoms with E-state index >= 15 is 0 Å². The second-order valence-electron chi connectivity index (χ2n) is 7.74. The van der Waals surface area contributed by atoms with Gasteiger partial charge in [-0.1, -0.05) is 32.9 Å². The lowest BCUT2D eigenvalue weighted by Gasteiger charge is -2.19. The summed E-state index contributed by atoms with van der Waals surface area (Å²) >= 11 is 0. The number of carboxylic acid groups (broad SMARTS) is 1. The molecule has 1 N–H and O–H groups in total. The molecule has 27 heavy (non-hydrogen) atoms. The van der Waals surface area contributed by atoms with E-state index < -0.39 is 16.0 Å². The van der Waals surface area contributed by atoms with Crippen LogP contribution in [0.4, 0.5) is 0 Å². The summed E-state index contributed by atoms with van der Waals surface area (Å²) in [6.45, 7) is 6.95. The van der Waals surface area contributed by atoms with Crippen molar-refractivity contribution in [3.63, 3.8) is 0 Å². The van der Waals surface area contributed by atoms with E-state index in [0.29, 0.717) is 49.6 Å². The van der Waals surface area contributed by atoms with Crippen LogP contribution in [0.3, 0.4) is 0 Å². The molecular weight excluding hydrogens is 366 g/mol. The number of sulfonamides is 1. The highest BCUT2D eigenvalue weighted by Gasteiger charge is 2.31. The van der Waals surface area contributed by atoms with Crippen LogP contribution in [0.15, 0.2) is 23.1 Å². The Labute approximate surface area is 162 Å². The number of hydrogen-bond acceptors (Lipinski definition) is 4. The van der Waals surface area contributed by atoms with Crippen LogP contribution in [0.5, 0.6) is 0 Å². The van der Waals surface area contributed by atoms with Crippen molar-refractivity contribution in [2.75, 3.05) is 20.2 Å². The molecule has 1 heterocycles. The van der Waals surface area contributed by atoms with Crippen LogP contribution >= 0.6 is 0 Å². The molecule has 1 fully saturated rings. The van der Waals surface area contributed by atoms with Gasteiger partial charge in [-0.25, -0.2) is 8.42 Å². The highest BCUT2D eigenvalue weighted by molar-refractivity contribution is 7.89. The van der Waals surface area contributed by atoms with Crippen LogP contribution < -0.4 is 0 Å². The van der Waals surface area contributed by atoms with Gasteiger partial charge in [0.2, 0.25) is 10.0 Å². The fourth-order valence-corrected chi connectivity index (χ4v) is 4.77. The minimum atomic E-state index is -3.55. The number of rotatable bonds is 11. The minimum absolute atomic E-state index is 0.00281. The third-order valence-electron chi connectivity index (χ3n) is 4.94. The van der Waals surface area contributed by atoms with Crippen molar-refractivity contribution in [2.24, 2.45) is 11.8 Å². The lowest BCUT2D eigenvalue weighted by molar-refractivity contribution is -0.142. The molecule has 0 spiro atoms. The molecule has 1 aliphatic rings. The summed E-state index contributed by atoms with van der Waals surface area (Å²) in [4.78, 5) is 11.8. The summed E-state index contributed by atoms with van der Waals surface area (Å²) < 4.78 is 32.2. The summed E-state index contributed by atoms with van der Waals surface area (Å²) in [5.41, 5.74) is 1.75. The molecule has 0 aromatic heterocycles. The van der Waals surface area contributed by atoms with Gasteiger partial charge in [0.15, 0.2) is 0 Å². The highest BCUT2D eigenvalue weighted by Crippen LogP contribution is 2.25. The fraction of sp³-hybridized carbons (Fsp3) is 0.650. The van der Waals surface area contributed by atoms with E-state index in [-0.39, 0.29) is 12.0 Å². The zero-order valence-electron chi connectivity index (χ0n) is 16.6. The molecule has 1 aromatic carbocycles. The Kier molecular flexibility index (Phi) is 7.42. The normalized spacial score (nSPS) is 18.1. The van der Waals surface area contributed by atoms with Crippen LogP contribution in [0.1, 0.15) is 44.7 Å². The van der Waals surface area contributed by atoms with Crippen molar-refractivity contribution in [3.05, 3.63) is 29.3 Å². The molecule has 6 nitrogen and oxygen atoms in total. The van der Waals surface area contributed by atoms with Crippen LogP contribution in [-0.2, 0) is 32.4 Å². The predicted octanol–water partition coefficient (Wildman–Crippen LogP) is 2.95. The molecule has 0 radical (unpaired) electrons. The van der Waals surface area contributed by atoms with E-state index in [1.807, 2.05) is 32.9 Å². The second-order valence-corrected chi connectivity index (χ2v) is 9.75. The van der Waals surface area contributed by atoms with Gasteiger partial charge in [0, 0.05) is 13.6 Å². The third kappa shape index (κ3) is 6.02. The quantitative estimate of drug-likeness (QED) is 0.580. The lowest BCUT2D eigenvalue weighted by Crippen LogP contribution is -2.31. The maximum absolute atomic E-state index is 12.9. The third-order valence-corrected chi connectivity index (χ3v) is 6.87. The highest BCUT2D eigenvalue weighted by atomic mass is 32.2. The zero-order valence-corrected chi connectivity index (χ0v) is 17.5. The van der Waals surface area contributed by atoms with Gasteiger partial charge in [-0.2, -0.15) is 4.31 Å². The number of nitrogens with zero attached hydrogens (tertiary/aromatic N) is 1. The Balaban J connectivity index is 2.14. The van der Waals surface area contributed by atoms with Gasteiger partial charge >= 0.3 is 5.97 Å². The predicted molar refractivity (Wildman–Crippen MR) is 104 cm³/mol. The molecule has 152 valence electrons. The number of likely N-dealkylation sites (N-methyl/N-ethyl adjacent to an activating group) is 1. The van der Waals surface area contributed by atoms with Crippen LogP contribution in [0.2, 0.25) is 0 Å². The average Bonchev–Trinajstić information content (AvgIpc) is 3.41. The Morgan fingerprint density at radius 3 is 2.56 bits per heavy atom. The van der Waals surface area contributed by atoms with Gasteiger partial charge in [-0.3, -0.25) is 4.79 Å². The summed E-state index contributed by atoms with van der Waals surface area (Å²) in [7, 11) is -1.98. The second kappa shape index (κ2) is 9.17. The summed E-state index contributed by atoms with van der Waals surface area (Å²) in [6.07, 6.45) is 2.44. The maximum atomic E-state index is 12.9. The number of ether oxygens (including phenoxy) is 1. The van der Waals surface area contributed by atoms with Gasteiger partial charge < -0.3 is 9.84 Å². The van der Waals surface area contributed by atoms with E-state index in [0.717, 1.165) is 11.1 Å². The SMILES string of the molecule is CCc1cc(CCC(CC(C)C)C(=O)O)ccc1S(=O)(=O)N(C)CC1CO1. The molecule has 7 heteroatoms. The van der Waals surface area contributed by atoms with Crippen molar-refractivity contribution in [1.82, 2.24) is 4.31 Å². The number of hydrogen-bond donors (Lipinski definition) is 1. The summed E-state index contributed by atoms with van der Waals surface area (Å²) in [5.74, 6) is -0.804. The number of carbonyl (C=O) groups is 1. The monoisotopic (exact) mass is 397 g/mol. The van der Waals surface area contributed by atoms with Crippen LogP contribution in [-0.4, -0.2) is 50.1 Å². The largest absolute Gasteiger partial charge is 0.481 e. The Bertz CT molecular complexity index is 756. The Morgan fingerprint density at radius 1 is 1.37 bits per heavy atom. The summed E-state index contributed by atoms with van der Waals surface area (Å²) in [6, 6.07) is 5.37. The van der Waals surface area contributed by atoms with Gasteiger partial charge in [-0.15, -0.1) is 0 Å². The van der Waals surface area contributed by atoms with Crippen molar-refractivity contribution < 1.29 is 23.1 Å². The molecule has 2 rings (SSSR count). The van der Waals surface area contributed by atoms with E-state index in [9.17, 15) is 18.3 Å². The first kappa shape index (κ1) is 21.9. The number of carboxylic acids is 1. The zero-order chi connectivity index (χ0) is 20.2. The van der Waals surface area contributed by atoms with Crippen molar-refractivity contribution >= 4 is 16.0 Å². The molecule has 2 atom stereocenters. The topological polar surface area (TPSA) is 87.2 Å². The fourth-order valence-electron chi connectivity index (χ4n) is 3.29. The molecule has 2 unspecified atom stereocenters. The minimum Gasteiger partial charge on any atom is -0.481 e.